The van der Waals surface area contributed by atoms with Crippen LogP contribution in [0.4, 0.5) is 5.82 Å². The zero-order valence-electron chi connectivity index (χ0n) is 11.5. The van der Waals surface area contributed by atoms with Crippen molar-refractivity contribution in [3.8, 4) is 5.75 Å². The average molecular weight is 258 g/mol. The third-order valence-corrected chi connectivity index (χ3v) is 5.27. The van der Waals surface area contributed by atoms with Gasteiger partial charge in [0.25, 0.3) is 0 Å². The smallest absolute Gasteiger partial charge is 0.168 e. The van der Waals surface area contributed by atoms with Gasteiger partial charge in [0.1, 0.15) is 0 Å². The zero-order valence-corrected chi connectivity index (χ0v) is 11.5. The molecular formula is C16H22N2O. The Morgan fingerprint density at radius 3 is 2.84 bits per heavy atom. The van der Waals surface area contributed by atoms with Gasteiger partial charge in [0.15, 0.2) is 11.6 Å². The lowest BCUT2D eigenvalue weighted by atomic mass is 10.0. The highest BCUT2D eigenvalue weighted by atomic mass is 16.5. The molecule has 0 amide bonds. The van der Waals surface area contributed by atoms with E-state index in [2.05, 4.69) is 17.2 Å². The normalized spacial score (nSPS) is 38.1. The fourth-order valence-corrected chi connectivity index (χ4v) is 4.50. The Kier molecular flexibility index (Phi) is 2.68. The standard InChI is InChI=1S/C16H22N2O/c1-2-8-19-12-4-3-7-17-16(12)18-15-13-10-5-6-11(9-10)14(13)15/h3-4,7,10-11,13-15H,2,5-6,8-9H2,1H3,(H,17,18). The van der Waals surface area contributed by atoms with Crippen LogP contribution in [-0.2, 0) is 0 Å². The van der Waals surface area contributed by atoms with Crippen LogP contribution in [0.2, 0.25) is 0 Å². The van der Waals surface area contributed by atoms with E-state index in [0.29, 0.717) is 6.04 Å². The first-order chi connectivity index (χ1) is 9.38. The minimum absolute atomic E-state index is 0.671. The van der Waals surface area contributed by atoms with Crippen LogP contribution in [0.1, 0.15) is 32.6 Å². The first-order valence-electron chi connectivity index (χ1n) is 7.73. The molecule has 0 saturated heterocycles. The average Bonchev–Trinajstić information content (AvgIpc) is 2.84. The number of fused-ring (bicyclic) bond motifs is 5. The number of anilines is 1. The highest BCUT2D eigenvalue weighted by Gasteiger charge is 2.65. The zero-order chi connectivity index (χ0) is 12.8. The lowest BCUT2D eigenvalue weighted by molar-refractivity contribution is 0.317. The Balaban J connectivity index is 1.46. The fourth-order valence-electron chi connectivity index (χ4n) is 4.50. The summed E-state index contributed by atoms with van der Waals surface area (Å²) in [5.74, 6) is 5.73. The molecule has 102 valence electrons. The van der Waals surface area contributed by atoms with Crippen LogP contribution in [0, 0.1) is 23.7 Å². The van der Waals surface area contributed by atoms with Gasteiger partial charge in [-0.25, -0.2) is 4.98 Å². The van der Waals surface area contributed by atoms with Gasteiger partial charge in [0.2, 0.25) is 0 Å². The molecule has 2 bridgehead atoms. The predicted molar refractivity (Wildman–Crippen MR) is 75.2 cm³/mol. The number of nitrogens with zero attached hydrogens (tertiary/aromatic N) is 1. The monoisotopic (exact) mass is 258 g/mol. The molecule has 4 rings (SSSR count). The summed E-state index contributed by atoms with van der Waals surface area (Å²) in [6.45, 7) is 2.90. The van der Waals surface area contributed by atoms with Gasteiger partial charge in [-0.15, -0.1) is 0 Å². The number of hydrogen-bond acceptors (Lipinski definition) is 3. The molecule has 0 spiro atoms. The Hall–Kier alpha value is -1.25. The molecule has 1 aromatic heterocycles. The van der Waals surface area contributed by atoms with Crippen LogP contribution in [0.25, 0.3) is 0 Å². The summed E-state index contributed by atoms with van der Waals surface area (Å²) in [6.07, 6.45) is 7.31. The lowest BCUT2D eigenvalue weighted by Crippen LogP contribution is -2.14. The number of ether oxygens (including phenoxy) is 1. The van der Waals surface area contributed by atoms with E-state index in [9.17, 15) is 0 Å². The molecule has 3 heteroatoms. The Morgan fingerprint density at radius 1 is 1.32 bits per heavy atom. The minimum atomic E-state index is 0.671. The highest BCUT2D eigenvalue weighted by Crippen LogP contribution is 2.66. The Morgan fingerprint density at radius 2 is 2.11 bits per heavy atom. The van der Waals surface area contributed by atoms with E-state index < -0.39 is 0 Å². The van der Waals surface area contributed by atoms with Crippen molar-refractivity contribution < 1.29 is 4.74 Å². The second kappa shape index (κ2) is 4.39. The number of pyridine rings is 1. The van der Waals surface area contributed by atoms with Gasteiger partial charge in [-0.1, -0.05) is 6.92 Å². The van der Waals surface area contributed by atoms with Gasteiger partial charge < -0.3 is 10.1 Å². The topological polar surface area (TPSA) is 34.1 Å². The SMILES string of the molecule is CCCOc1cccnc1NC1C2C3CCC(C3)C12. The van der Waals surface area contributed by atoms with Crippen molar-refractivity contribution >= 4 is 5.82 Å². The lowest BCUT2D eigenvalue weighted by Gasteiger charge is -2.14. The maximum Gasteiger partial charge on any atom is 0.168 e. The van der Waals surface area contributed by atoms with Crippen molar-refractivity contribution in [1.29, 1.82) is 0 Å². The van der Waals surface area contributed by atoms with Crippen molar-refractivity contribution in [1.82, 2.24) is 4.98 Å². The molecule has 0 aliphatic heterocycles. The first-order valence-corrected chi connectivity index (χ1v) is 7.73. The minimum Gasteiger partial charge on any atom is -0.490 e. The molecule has 4 atom stereocenters. The number of aromatic nitrogens is 1. The van der Waals surface area contributed by atoms with Gasteiger partial charge >= 0.3 is 0 Å². The summed E-state index contributed by atoms with van der Waals surface area (Å²) in [7, 11) is 0. The molecule has 1 N–H and O–H groups in total. The Labute approximate surface area is 114 Å². The predicted octanol–water partition coefficient (Wildman–Crippen LogP) is 3.33. The van der Waals surface area contributed by atoms with Gasteiger partial charge in [-0.2, -0.15) is 0 Å². The summed E-state index contributed by atoms with van der Waals surface area (Å²) in [6, 6.07) is 4.65. The van der Waals surface area contributed by atoms with E-state index in [-0.39, 0.29) is 0 Å². The number of rotatable bonds is 5. The molecule has 3 aliphatic carbocycles. The molecular weight excluding hydrogens is 236 g/mol. The van der Waals surface area contributed by atoms with E-state index in [1.807, 2.05) is 18.3 Å². The van der Waals surface area contributed by atoms with Crippen LogP contribution in [0.15, 0.2) is 18.3 Å². The summed E-state index contributed by atoms with van der Waals surface area (Å²) >= 11 is 0. The van der Waals surface area contributed by atoms with Crippen molar-refractivity contribution in [3.05, 3.63) is 18.3 Å². The molecule has 3 aliphatic rings. The van der Waals surface area contributed by atoms with E-state index >= 15 is 0 Å². The molecule has 0 aromatic carbocycles. The molecule has 1 heterocycles. The second-order valence-corrected chi connectivity index (χ2v) is 6.36. The molecule has 0 radical (unpaired) electrons. The quantitative estimate of drug-likeness (QED) is 0.879. The summed E-state index contributed by atoms with van der Waals surface area (Å²) in [5, 5.41) is 3.66. The van der Waals surface area contributed by atoms with Crippen molar-refractivity contribution in [2.75, 3.05) is 11.9 Å². The summed E-state index contributed by atoms with van der Waals surface area (Å²) < 4.78 is 5.78. The molecule has 3 fully saturated rings. The third kappa shape index (κ3) is 1.82. The van der Waals surface area contributed by atoms with Crippen LogP contribution < -0.4 is 10.1 Å². The van der Waals surface area contributed by atoms with E-state index in [0.717, 1.165) is 48.3 Å². The van der Waals surface area contributed by atoms with Crippen LogP contribution in [0.3, 0.4) is 0 Å². The number of hydrogen-bond donors (Lipinski definition) is 1. The van der Waals surface area contributed by atoms with E-state index in [1.165, 1.54) is 19.3 Å². The molecule has 3 saturated carbocycles. The summed E-state index contributed by atoms with van der Waals surface area (Å²) in [4.78, 5) is 4.47. The molecule has 3 nitrogen and oxygen atoms in total. The first kappa shape index (κ1) is 11.6. The second-order valence-electron chi connectivity index (χ2n) is 6.36. The van der Waals surface area contributed by atoms with Crippen LogP contribution in [0.5, 0.6) is 5.75 Å². The van der Waals surface area contributed by atoms with E-state index in [1.54, 1.807) is 0 Å². The maximum atomic E-state index is 5.78. The third-order valence-electron chi connectivity index (χ3n) is 5.27. The van der Waals surface area contributed by atoms with Crippen LogP contribution >= 0.6 is 0 Å². The maximum absolute atomic E-state index is 5.78. The van der Waals surface area contributed by atoms with Gasteiger partial charge in [0, 0.05) is 12.2 Å². The van der Waals surface area contributed by atoms with Gasteiger partial charge in [-0.05, 0) is 61.5 Å². The molecule has 4 unspecified atom stereocenters. The van der Waals surface area contributed by atoms with Crippen molar-refractivity contribution in [3.63, 3.8) is 0 Å². The fraction of sp³-hybridized carbons (Fsp3) is 0.688. The molecule has 1 aromatic rings. The van der Waals surface area contributed by atoms with Crippen LogP contribution in [-0.4, -0.2) is 17.6 Å². The van der Waals surface area contributed by atoms with Crippen molar-refractivity contribution in [2.45, 2.75) is 38.6 Å². The van der Waals surface area contributed by atoms with Gasteiger partial charge in [0.05, 0.1) is 6.61 Å². The summed E-state index contributed by atoms with van der Waals surface area (Å²) in [5.41, 5.74) is 0. The van der Waals surface area contributed by atoms with Crippen molar-refractivity contribution in [2.24, 2.45) is 23.7 Å². The molecule has 19 heavy (non-hydrogen) atoms. The van der Waals surface area contributed by atoms with Gasteiger partial charge in [-0.3, -0.25) is 0 Å². The largest absolute Gasteiger partial charge is 0.490 e. The highest BCUT2D eigenvalue weighted by molar-refractivity contribution is 5.52. The Bertz CT molecular complexity index is 460. The number of nitrogens with one attached hydrogen (secondary N) is 1. The van der Waals surface area contributed by atoms with E-state index in [4.69, 9.17) is 4.74 Å².